The van der Waals surface area contributed by atoms with Gasteiger partial charge in [-0.15, -0.1) is 0 Å². The largest absolute Gasteiger partial charge is 0.442 e. The molecule has 0 fully saturated rings. The van der Waals surface area contributed by atoms with Crippen molar-refractivity contribution in [2.45, 2.75) is 50.1 Å². The van der Waals surface area contributed by atoms with Crippen molar-refractivity contribution in [1.82, 2.24) is 14.5 Å². The Balaban J connectivity index is 2.37. The third-order valence-electron chi connectivity index (χ3n) is 3.32. The number of carbonyl (C=O) groups is 1. The minimum atomic E-state index is -0.798. The number of nitrogens with zero attached hydrogens (tertiary/aromatic N) is 3. The first-order chi connectivity index (χ1) is 10.8. The van der Waals surface area contributed by atoms with E-state index in [0.717, 1.165) is 27.0 Å². The van der Waals surface area contributed by atoms with Gasteiger partial charge in [0, 0.05) is 23.3 Å². The van der Waals surface area contributed by atoms with E-state index in [1.807, 2.05) is 37.6 Å². The van der Waals surface area contributed by atoms with Gasteiger partial charge in [-0.3, -0.25) is 4.98 Å². The molecule has 0 saturated heterocycles. The number of ether oxygens (including phenoxy) is 1. The average Bonchev–Trinajstić information content (AvgIpc) is 2.73. The smallest absolute Gasteiger partial charge is 0.404 e. The van der Waals surface area contributed by atoms with E-state index in [-0.39, 0.29) is 12.5 Å². The number of carbonyl (C=O) groups excluding carboxylic acids is 1. The van der Waals surface area contributed by atoms with Gasteiger partial charge in [-0.2, -0.15) is 0 Å². The molecule has 1 amide bonds. The maximum atomic E-state index is 10.8. The monoisotopic (exact) mass is 334 g/mol. The molecule has 0 aliphatic carbocycles. The molecule has 0 aliphatic heterocycles. The fourth-order valence-electron chi connectivity index (χ4n) is 2.28. The lowest BCUT2D eigenvalue weighted by Gasteiger charge is -2.10. The molecule has 124 valence electrons. The number of pyridine rings is 1. The molecular formula is C16H22N4O2S. The quantitative estimate of drug-likeness (QED) is 0.907. The highest BCUT2D eigenvalue weighted by Crippen LogP contribution is 2.34. The normalized spacial score (nSPS) is 11.0. The molecule has 0 spiro atoms. The van der Waals surface area contributed by atoms with Crippen molar-refractivity contribution >= 4 is 17.9 Å². The molecule has 6 nitrogen and oxygen atoms in total. The molecular weight excluding hydrogens is 312 g/mol. The third-order valence-corrected chi connectivity index (χ3v) is 4.47. The summed E-state index contributed by atoms with van der Waals surface area (Å²) in [5.41, 5.74) is 7.99. The number of imidazole rings is 1. The van der Waals surface area contributed by atoms with Crippen LogP contribution < -0.4 is 5.73 Å². The number of aromatic nitrogens is 3. The summed E-state index contributed by atoms with van der Waals surface area (Å²) in [6.45, 7) is 8.22. The van der Waals surface area contributed by atoms with Crippen LogP contribution in [-0.4, -0.2) is 20.6 Å². The Hall–Kier alpha value is -2.02. The minimum Gasteiger partial charge on any atom is -0.442 e. The maximum Gasteiger partial charge on any atom is 0.404 e. The van der Waals surface area contributed by atoms with Gasteiger partial charge in [0.25, 0.3) is 0 Å². The van der Waals surface area contributed by atoms with Crippen LogP contribution in [0.25, 0.3) is 0 Å². The highest BCUT2D eigenvalue weighted by Gasteiger charge is 2.19. The molecule has 0 atom stereocenters. The van der Waals surface area contributed by atoms with E-state index in [4.69, 9.17) is 10.5 Å². The van der Waals surface area contributed by atoms with Crippen molar-refractivity contribution in [3.63, 3.8) is 0 Å². The predicted molar refractivity (Wildman–Crippen MR) is 89.5 cm³/mol. The summed E-state index contributed by atoms with van der Waals surface area (Å²) in [6, 6.07) is 4.10. The molecule has 0 saturated carbocycles. The van der Waals surface area contributed by atoms with E-state index in [9.17, 15) is 4.79 Å². The van der Waals surface area contributed by atoms with Crippen LogP contribution >= 0.6 is 11.8 Å². The number of primary amides is 1. The molecule has 2 aromatic heterocycles. The first-order valence-electron chi connectivity index (χ1n) is 7.38. The topological polar surface area (TPSA) is 83.0 Å². The average molecular weight is 334 g/mol. The van der Waals surface area contributed by atoms with Gasteiger partial charge >= 0.3 is 6.09 Å². The van der Waals surface area contributed by atoms with Crippen molar-refractivity contribution in [3.05, 3.63) is 35.0 Å². The van der Waals surface area contributed by atoms with Crippen molar-refractivity contribution in [1.29, 1.82) is 0 Å². The summed E-state index contributed by atoms with van der Waals surface area (Å²) < 4.78 is 6.83. The predicted octanol–water partition coefficient (Wildman–Crippen LogP) is 3.30. The highest BCUT2D eigenvalue weighted by atomic mass is 32.2. The molecule has 0 bridgehead atoms. The van der Waals surface area contributed by atoms with Gasteiger partial charge in [-0.1, -0.05) is 25.6 Å². The minimum absolute atomic E-state index is 0.0700. The van der Waals surface area contributed by atoms with Crippen LogP contribution in [0.2, 0.25) is 0 Å². The highest BCUT2D eigenvalue weighted by molar-refractivity contribution is 7.99. The summed E-state index contributed by atoms with van der Waals surface area (Å²) >= 11 is 1.64. The fourth-order valence-corrected chi connectivity index (χ4v) is 3.59. The molecule has 23 heavy (non-hydrogen) atoms. The zero-order valence-electron chi connectivity index (χ0n) is 14.1. The number of rotatable bonds is 5. The Morgan fingerprint density at radius 3 is 2.43 bits per heavy atom. The summed E-state index contributed by atoms with van der Waals surface area (Å²) in [5, 5.41) is 1.04. The molecule has 2 N–H and O–H groups in total. The Morgan fingerprint density at radius 1 is 1.30 bits per heavy atom. The second-order valence-electron chi connectivity index (χ2n) is 5.73. The van der Waals surface area contributed by atoms with Crippen molar-refractivity contribution in [2.24, 2.45) is 12.8 Å². The van der Waals surface area contributed by atoms with Crippen molar-refractivity contribution < 1.29 is 9.53 Å². The SMILES string of the molecule is Cc1cc(Sc2c(C(C)C)nc(COC(N)=O)n2C)cc(C)n1. The third kappa shape index (κ3) is 4.25. The number of amides is 1. The first kappa shape index (κ1) is 17.3. The molecule has 7 heteroatoms. The van der Waals surface area contributed by atoms with E-state index in [1.54, 1.807) is 11.8 Å². The standard InChI is InChI=1S/C16H22N4O2S/c1-9(2)14-15(20(5)13(19-14)8-22-16(17)21)23-12-6-10(3)18-11(4)7-12/h6-7,9H,8H2,1-5H3,(H2,17,21). The summed E-state index contributed by atoms with van der Waals surface area (Å²) in [4.78, 5) is 21.0. The lowest BCUT2D eigenvalue weighted by Crippen LogP contribution is -2.14. The lowest BCUT2D eigenvalue weighted by molar-refractivity contribution is 0.146. The van der Waals surface area contributed by atoms with Crippen LogP contribution in [0.4, 0.5) is 4.79 Å². The van der Waals surface area contributed by atoms with Gasteiger partial charge in [-0.05, 0) is 31.9 Å². The van der Waals surface area contributed by atoms with E-state index >= 15 is 0 Å². The van der Waals surface area contributed by atoms with Gasteiger partial charge in [0.1, 0.15) is 10.9 Å². The van der Waals surface area contributed by atoms with E-state index in [0.29, 0.717) is 5.82 Å². The van der Waals surface area contributed by atoms with Crippen LogP contribution in [-0.2, 0) is 18.4 Å². The van der Waals surface area contributed by atoms with Gasteiger partial charge in [-0.25, -0.2) is 9.78 Å². The number of aryl methyl sites for hydroxylation is 2. The van der Waals surface area contributed by atoms with Crippen LogP contribution in [0.5, 0.6) is 0 Å². The van der Waals surface area contributed by atoms with Crippen LogP contribution in [0.15, 0.2) is 22.1 Å². The Morgan fingerprint density at radius 2 is 1.91 bits per heavy atom. The molecule has 0 aromatic carbocycles. The zero-order valence-corrected chi connectivity index (χ0v) is 14.9. The number of hydrogen-bond acceptors (Lipinski definition) is 5. The van der Waals surface area contributed by atoms with E-state index < -0.39 is 6.09 Å². The van der Waals surface area contributed by atoms with Gasteiger partial charge in [0.15, 0.2) is 6.61 Å². The second kappa shape index (κ2) is 7.04. The van der Waals surface area contributed by atoms with Gasteiger partial charge < -0.3 is 15.0 Å². The fraction of sp³-hybridized carbons (Fsp3) is 0.438. The number of hydrogen-bond donors (Lipinski definition) is 1. The maximum absolute atomic E-state index is 10.8. The van der Waals surface area contributed by atoms with E-state index in [1.165, 1.54) is 0 Å². The van der Waals surface area contributed by atoms with Crippen LogP contribution in [0, 0.1) is 13.8 Å². The van der Waals surface area contributed by atoms with E-state index in [2.05, 4.69) is 23.8 Å². The van der Waals surface area contributed by atoms with Crippen molar-refractivity contribution in [2.75, 3.05) is 0 Å². The Kier molecular flexibility index (Phi) is 5.30. The zero-order chi connectivity index (χ0) is 17.1. The summed E-state index contributed by atoms with van der Waals surface area (Å²) in [7, 11) is 1.92. The van der Waals surface area contributed by atoms with Gasteiger partial charge in [0.05, 0.1) is 5.69 Å². The van der Waals surface area contributed by atoms with Crippen LogP contribution in [0.1, 0.15) is 42.7 Å². The second-order valence-corrected chi connectivity index (χ2v) is 6.79. The molecule has 0 unspecified atom stereocenters. The molecule has 0 radical (unpaired) electrons. The van der Waals surface area contributed by atoms with Gasteiger partial charge in [0.2, 0.25) is 0 Å². The summed E-state index contributed by atoms with van der Waals surface area (Å²) in [6.07, 6.45) is -0.798. The number of nitrogens with two attached hydrogens (primary N) is 1. The van der Waals surface area contributed by atoms with Crippen molar-refractivity contribution in [3.8, 4) is 0 Å². The molecule has 2 rings (SSSR count). The Bertz CT molecular complexity index is 705. The molecule has 2 aromatic rings. The first-order valence-corrected chi connectivity index (χ1v) is 8.20. The summed E-state index contributed by atoms with van der Waals surface area (Å²) in [5.74, 6) is 0.938. The molecule has 2 heterocycles. The van der Waals surface area contributed by atoms with Crippen LogP contribution in [0.3, 0.4) is 0 Å². The Labute approximate surface area is 140 Å². The molecule has 0 aliphatic rings. The lowest BCUT2D eigenvalue weighted by atomic mass is 10.2.